The van der Waals surface area contributed by atoms with E-state index in [1.807, 2.05) is 60.7 Å². The van der Waals surface area contributed by atoms with Crippen LogP contribution in [0.15, 0.2) is 102 Å². The first kappa shape index (κ1) is 30.0. The Balaban J connectivity index is 1.20. The monoisotopic (exact) mass is 621 g/mol. The lowest BCUT2D eigenvalue weighted by molar-refractivity contribution is -0.134. The zero-order chi connectivity index (χ0) is 31.2. The third kappa shape index (κ3) is 6.87. The topological polar surface area (TPSA) is 144 Å². The van der Waals surface area contributed by atoms with Crippen LogP contribution < -0.4 is 5.32 Å². The van der Waals surface area contributed by atoms with Crippen LogP contribution in [0.2, 0.25) is 0 Å². The van der Waals surface area contributed by atoms with E-state index in [4.69, 9.17) is 0 Å². The van der Waals surface area contributed by atoms with Crippen LogP contribution in [0.4, 0.5) is 0 Å². The number of carbonyl (C=O) groups is 3. The summed E-state index contributed by atoms with van der Waals surface area (Å²) in [7, 11) is 0. The molecule has 0 bridgehead atoms. The number of aromatic carboxylic acids is 1. The first-order valence-corrected chi connectivity index (χ1v) is 15.5. The Kier molecular flexibility index (Phi) is 9.13. The zero-order valence-corrected chi connectivity index (χ0v) is 25.1. The molecule has 5 aromatic rings. The van der Waals surface area contributed by atoms with Gasteiger partial charge in [-0.05, 0) is 48.5 Å². The average molecular weight is 622 g/mol. The maximum absolute atomic E-state index is 14.0. The van der Waals surface area contributed by atoms with Gasteiger partial charge >= 0.3 is 5.97 Å². The number of pyridine rings is 3. The average Bonchev–Trinajstić information content (AvgIpc) is 3.53. The summed E-state index contributed by atoms with van der Waals surface area (Å²) in [6.45, 7) is 2.01. The van der Waals surface area contributed by atoms with Crippen molar-refractivity contribution in [2.45, 2.75) is 17.1 Å². The van der Waals surface area contributed by atoms with Crippen molar-refractivity contribution in [3.8, 4) is 0 Å². The van der Waals surface area contributed by atoms with Gasteiger partial charge in [0.25, 0.3) is 5.91 Å². The molecule has 1 fully saturated rings. The second-order valence-corrected chi connectivity index (χ2v) is 11.6. The van der Waals surface area contributed by atoms with Gasteiger partial charge in [0, 0.05) is 61.4 Å². The number of para-hydroxylation sites is 1. The molecule has 45 heavy (non-hydrogen) atoms. The fourth-order valence-electron chi connectivity index (χ4n) is 5.46. The molecular weight excluding hydrogens is 590 g/mol. The van der Waals surface area contributed by atoms with Crippen molar-refractivity contribution < 1.29 is 19.5 Å². The minimum atomic E-state index is -1.11. The van der Waals surface area contributed by atoms with Crippen molar-refractivity contribution >= 4 is 40.4 Å². The minimum Gasteiger partial charge on any atom is -0.478 e. The van der Waals surface area contributed by atoms with Crippen LogP contribution in [0.5, 0.6) is 0 Å². The van der Waals surface area contributed by atoms with E-state index in [2.05, 4.69) is 30.2 Å². The van der Waals surface area contributed by atoms with Gasteiger partial charge in [-0.1, -0.05) is 30.3 Å². The summed E-state index contributed by atoms with van der Waals surface area (Å²) in [5.74, 6) is -1.67. The van der Waals surface area contributed by atoms with Gasteiger partial charge in [0.1, 0.15) is 16.8 Å². The maximum atomic E-state index is 14.0. The van der Waals surface area contributed by atoms with Gasteiger partial charge in [-0.15, -0.1) is 11.8 Å². The summed E-state index contributed by atoms with van der Waals surface area (Å²) in [6.07, 6.45) is 5.04. The Hall–Kier alpha value is -5.07. The highest BCUT2D eigenvalue weighted by Gasteiger charge is 2.33. The molecule has 5 heterocycles. The minimum absolute atomic E-state index is 0.0411. The van der Waals surface area contributed by atoms with Gasteiger partial charge < -0.3 is 20.3 Å². The Bertz CT molecular complexity index is 1720. The van der Waals surface area contributed by atoms with Crippen LogP contribution in [0, 0.1) is 0 Å². The first-order chi connectivity index (χ1) is 22.0. The molecule has 0 radical (unpaired) electrons. The third-order valence-electron chi connectivity index (χ3n) is 7.69. The van der Waals surface area contributed by atoms with E-state index in [0.717, 1.165) is 34.1 Å². The number of fused-ring (bicyclic) bond motifs is 1. The van der Waals surface area contributed by atoms with Gasteiger partial charge in [0.05, 0.1) is 23.0 Å². The molecule has 0 aliphatic carbocycles. The smallest absolute Gasteiger partial charge is 0.338 e. The van der Waals surface area contributed by atoms with Gasteiger partial charge in [-0.25, -0.2) is 9.78 Å². The molecule has 1 atom stereocenters. The number of hydrogen-bond donors (Lipinski definition) is 3. The molecule has 1 saturated heterocycles. The highest BCUT2D eigenvalue weighted by atomic mass is 32.2. The molecule has 12 heteroatoms. The van der Waals surface area contributed by atoms with E-state index >= 15 is 0 Å². The number of carboxylic acids is 1. The highest BCUT2D eigenvalue weighted by Crippen LogP contribution is 2.27. The van der Waals surface area contributed by atoms with Crippen molar-refractivity contribution in [2.75, 3.05) is 31.9 Å². The maximum Gasteiger partial charge on any atom is 0.338 e. The lowest BCUT2D eigenvalue weighted by Crippen LogP contribution is -2.56. The molecular formula is C33H31N7O4S. The number of carboxylic acid groups (broad SMARTS) is 1. The zero-order valence-electron chi connectivity index (χ0n) is 24.2. The summed E-state index contributed by atoms with van der Waals surface area (Å²) in [5, 5.41) is 13.7. The van der Waals surface area contributed by atoms with Crippen molar-refractivity contribution in [1.82, 2.24) is 35.1 Å². The molecule has 6 rings (SSSR count). The lowest BCUT2D eigenvalue weighted by Gasteiger charge is -2.39. The SMILES string of the molecule is O=C(N[C@@H](CSc1ncccc1C(=O)O)C(=O)N1CCN(C(c2ccccn2)c2ccccn2)CC1)c1cc2ccccc2[nH]1. The number of piperazine rings is 1. The molecule has 3 N–H and O–H groups in total. The van der Waals surface area contributed by atoms with Gasteiger partial charge in [0.2, 0.25) is 5.91 Å². The molecule has 1 aliphatic rings. The number of aromatic amines is 1. The summed E-state index contributed by atoms with van der Waals surface area (Å²) in [6, 6.07) is 22.8. The van der Waals surface area contributed by atoms with E-state index < -0.39 is 17.9 Å². The summed E-state index contributed by atoms with van der Waals surface area (Å²) >= 11 is 1.13. The number of nitrogens with one attached hydrogen (secondary N) is 2. The molecule has 0 spiro atoms. The van der Waals surface area contributed by atoms with Crippen LogP contribution in [-0.2, 0) is 4.79 Å². The highest BCUT2D eigenvalue weighted by molar-refractivity contribution is 7.99. The molecule has 1 aromatic carbocycles. The summed E-state index contributed by atoms with van der Waals surface area (Å²) < 4.78 is 0. The standard InChI is InChI=1S/C33H31N7O4S/c41-30(27-20-22-8-1-2-10-24(22)37-27)38-28(21-45-31-23(33(43)44)9-7-15-36-31)32(42)40-18-16-39(17-19-40)29(25-11-3-5-13-34-25)26-12-4-6-14-35-26/h1-15,20,28-29,37H,16-19,21H2,(H,38,41)(H,43,44)/t28-/m0/s1. The van der Waals surface area contributed by atoms with Crippen LogP contribution >= 0.6 is 11.8 Å². The number of benzene rings is 1. The van der Waals surface area contributed by atoms with Gasteiger partial charge in [-0.2, -0.15) is 0 Å². The van der Waals surface area contributed by atoms with E-state index in [1.54, 1.807) is 29.4 Å². The number of rotatable bonds is 10. The molecule has 4 aromatic heterocycles. The van der Waals surface area contributed by atoms with E-state index in [-0.39, 0.29) is 28.3 Å². The van der Waals surface area contributed by atoms with E-state index in [9.17, 15) is 19.5 Å². The number of H-pyrrole nitrogens is 1. The van der Waals surface area contributed by atoms with Crippen LogP contribution in [-0.4, -0.2) is 90.6 Å². The van der Waals surface area contributed by atoms with E-state index in [0.29, 0.717) is 31.9 Å². The predicted octanol–water partition coefficient (Wildman–Crippen LogP) is 3.88. The molecule has 0 unspecified atom stereocenters. The van der Waals surface area contributed by atoms with Crippen molar-refractivity contribution in [2.24, 2.45) is 0 Å². The van der Waals surface area contributed by atoms with E-state index in [1.165, 1.54) is 12.3 Å². The van der Waals surface area contributed by atoms with Crippen molar-refractivity contribution in [1.29, 1.82) is 0 Å². The predicted molar refractivity (Wildman–Crippen MR) is 170 cm³/mol. The molecule has 0 saturated carbocycles. The first-order valence-electron chi connectivity index (χ1n) is 14.5. The van der Waals surface area contributed by atoms with Gasteiger partial charge in [-0.3, -0.25) is 24.5 Å². The summed E-state index contributed by atoms with van der Waals surface area (Å²) in [5.41, 5.74) is 2.94. The number of thioether (sulfide) groups is 1. The fourth-order valence-corrected chi connectivity index (χ4v) is 6.46. The van der Waals surface area contributed by atoms with Gasteiger partial charge in [0.15, 0.2) is 0 Å². The quantitative estimate of drug-likeness (QED) is 0.198. The number of aromatic nitrogens is 4. The Morgan fingerprint density at radius 2 is 1.51 bits per heavy atom. The lowest BCUT2D eigenvalue weighted by atomic mass is 10.1. The third-order valence-corrected chi connectivity index (χ3v) is 8.79. The molecule has 11 nitrogen and oxygen atoms in total. The molecule has 228 valence electrons. The second kappa shape index (κ2) is 13.7. The molecule has 2 amide bonds. The number of carbonyl (C=O) groups excluding carboxylic acids is 2. The molecule has 1 aliphatic heterocycles. The summed E-state index contributed by atoms with van der Waals surface area (Å²) in [4.78, 5) is 59.7. The van der Waals surface area contributed by atoms with Crippen molar-refractivity contribution in [3.05, 3.63) is 120 Å². The normalized spacial score (nSPS) is 14.4. The Morgan fingerprint density at radius 3 is 2.16 bits per heavy atom. The Morgan fingerprint density at radius 1 is 0.844 bits per heavy atom. The fraction of sp³-hybridized carbons (Fsp3) is 0.212. The van der Waals surface area contributed by atoms with Crippen molar-refractivity contribution in [3.63, 3.8) is 0 Å². The van der Waals surface area contributed by atoms with Crippen LogP contribution in [0.1, 0.15) is 38.3 Å². The van der Waals surface area contributed by atoms with Crippen LogP contribution in [0.25, 0.3) is 10.9 Å². The van der Waals surface area contributed by atoms with Crippen LogP contribution in [0.3, 0.4) is 0 Å². The number of nitrogens with zero attached hydrogens (tertiary/aromatic N) is 5. The number of hydrogen-bond acceptors (Lipinski definition) is 8. The largest absolute Gasteiger partial charge is 0.478 e. The number of amides is 2. The second-order valence-electron chi connectivity index (χ2n) is 10.5. The Labute approximate surface area is 263 Å².